The fourth-order valence-electron chi connectivity index (χ4n) is 2.76. The lowest BCUT2D eigenvalue weighted by molar-refractivity contribution is -0.118. The first kappa shape index (κ1) is 21.1. The van der Waals surface area contributed by atoms with E-state index < -0.39 is 0 Å². The van der Waals surface area contributed by atoms with Gasteiger partial charge in [-0.05, 0) is 50.2 Å². The van der Waals surface area contributed by atoms with Crippen molar-refractivity contribution >= 4 is 23.2 Å². The second-order valence-corrected chi connectivity index (χ2v) is 7.26. The molecule has 2 aromatic carbocycles. The van der Waals surface area contributed by atoms with Gasteiger partial charge >= 0.3 is 0 Å². The van der Waals surface area contributed by atoms with Crippen LogP contribution >= 0.6 is 0 Å². The fraction of sp³-hybridized carbons (Fsp3) is 0.261. The second-order valence-electron chi connectivity index (χ2n) is 7.26. The van der Waals surface area contributed by atoms with Crippen LogP contribution in [0.25, 0.3) is 0 Å². The predicted molar refractivity (Wildman–Crippen MR) is 115 cm³/mol. The van der Waals surface area contributed by atoms with Crippen LogP contribution in [0.2, 0.25) is 0 Å². The normalized spacial score (nSPS) is 10.7. The number of ether oxygens (including phenoxy) is 1. The van der Waals surface area contributed by atoms with Gasteiger partial charge in [0.2, 0.25) is 5.91 Å². The number of para-hydroxylation sites is 1. The molecule has 0 saturated carbocycles. The van der Waals surface area contributed by atoms with Gasteiger partial charge in [-0.25, -0.2) is 0 Å². The molecule has 0 spiro atoms. The number of hydrogen-bond acceptors (Lipinski definition) is 5. The molecule has 2 amide bonds. The van der Waals surface area contributed by atoms with Crippen LogP contribution in [-0.4, -0.2) is 17.0 Å². The maximum Gasteiger partial charge on any atom is 0.259 e. The van der Waals surface area contributed by atoms with Crippen molar-refractivity contribution in [3.63, 3.8) is 0 Å². The van der Waals surface area contributed by atoms with Crippen LogP contribution in [-0.2, 0) is 11.4 Å². The van der Waals surface area contributed by atoms with Crippen LogP contribution < -0.4 is 15.4 Å². The molecule has 1 heterocycles. The van der Waals surface area contributed by atoms with Gasteiger partial charge in [-0.15, -0.1) is 0 Å². The molecule has 2 N–H and O–H groups in total. The average molecular weight is 407 g/mol. The van der Waals surface area contributed by atoms with Crippen LogP contribution in [0.1, 0.15) is 41.2 Å². The van der Waals surface area contributed by atoms with E-state index in [0.29, 0.717) is 28.4 Å². The lowest BCUT2D eigenvalue weighted by atomic mass is 10.1. The van der Waals surface area contributed by atoms with Gasteiger partial charge in [-0.2, -0.15) is 0 Å². The maximum atomic E-state index is 12.8. The molecule has 3 aromatic rings. The minimum Gasteiger partial charge on any atom is -0.488 e. The third kappa shape index (κ3) is 5.05. The number of carbonyl (C=O) groups is 2. The smallest absolute Gasteiger partial charge is 0.259 e. The molecule has 0 aliphatic rings. The molecule has 156 valence electrons. The number of anilines is 2. The van der Waals surface area contributed by atoms with Gasteiger partial charge in [0.25, 0.3) is 5.91 Å². The molecule has 0 bridgehead atoms. The van der Waals surface area contributed by atoms with Gasteiger partial charge in [0.15, 0.2) is 0 Å². The van der Waals surface area contributed by atoms with E-state index in [1.807, 2.05) is 33.8 Å². The zero-order chi connectivity index (χ0) is 21.7. The number of aromatic nitrogens is 1. The molecule has 0 aliphatic heterocycles. The molecule has 7 heteroatoms. The Bertz CT molecular complexity index is 1020. The Morgan fingerprint density at radius 3 is 2.23 bits per heavy atom. The predicted octanol–water partition coefficient (Wildman–Crippen LogP) is 4.72. The van der Waals surface area contributed by atoms with E-state index in [9.17, 15) is 9.59 Å². The van der Waals surface area contributed by atoms with Crippen molar-refractivity contribution in [1.82, 2.24) is 5.16 Å². The molecule has 0 aliphatic carbocycles. The summed E-state index contributed by atoms with van der Waals surface area (Å²) in [5, 5.41) is 9.59. The molecule has 0 unspecified atom stereocenters. The molecule has 0 radical (unpaired) electrons. The van der Waals surface area contributed by atoms with E-state index in [2.05, 4.69) is 15.8 Å². The Labute approximate surface area is 175 Å². The number of carbonyl (C=O) groups excluding carboxylic acids is 2. The Hall–Kier alpha value is -3.61. The molecule has 0 fully saturated rings. The lowest BCUT2D eigenvalue weighted by Gasteiger charge is -2.12. The van der Waals surface area contributed by atoms with Crippen LogP contribution in [0.5, 0.6) is 5.75 Å². The van der Waals surface area contributed by atoms with Gasteiger partial charge in [-0.1, -0.05) is 31.1 Å². The first-order valence-corrected chi connectivity index (χ1v) is 9.71. The van der Waals surface area contributed by atoms with Crippen molar-refractivity contribution in [3.05, 3.63) is 71.1 Å². The van der Waals surface area contributed by atoms with Crippen LogP contribution in [0.4, 0.5) is 11.4 Å². The third-order valence-corrected chi connectivity index (χ3v) is 4.62. The number of amides is 2. The van der Waals surface area contributed by atoms with E-state index >= 15 is 0 Å². The van der Waals surface area contributed by atoms with Crippen molar-refractivity contribution in [2.75, 3.05) is 10.6 Å². The van der Waals surface area contributed by atoms with Crippen molar-refractivity contribution in [2.24, 2.45) is 5.92 Å². The van der Waals surface area contributed by atoms with Crippen molar-refractivity contribution in [3.8, 4) is 5.75 Å². The van der Waals surface area contributed by atoms with E-state index in [-0.39, 0.29) is 24.3 Å². The quantitative estimate of drug-likeness (QED) is 0.591. The maximum absolute atomic E-state index is 12.8. The number of aryl methyl sites for hydroxylation is 2. The van der Waals surface area contributed by atoms with Gasteiger partial charge < -0.3 is 19.9 Å². The number of nitrogens with zero attached hydrogens (tertiary/aromatic N) is 1. The zero-order valence-corrected chi connectivity index (χ0v) is 17.5. The molecule has 0 saturated heterocycles. The van der Waals surface area contributed by atoms with Gasteiger partial charge in [0.05, 0.1) is 16.8 Å². The standard InChI is InChI=1S/C23H25N3O4/c1-14(2)22(27)24-17-9-11-18(12-10-17)25-23(28)19-7-5-6-8-21(19)29-13-20-15(3)26-30-16(20)4/h5-12,14H,13H2,1-4H3,(H,24,27)(H,25,28). The highest BCUT2D eigenvalue weighted by Gasteiger charge is 2.15. The van der Waals surface area contributed by atoms with Crippen LogP contribution in [0.3, 0.4) is 0 Å². The monoisotopic (exact) mass is 407 g/mol. The summed E-state index contributed by atoms with van der Waals surface area (Å²) >= 11 is 0. The third-order valence-electron chi connectivity index (χ3n) is 4.62. The molecule has 30 heavy (non-hydrogen) atoms. The van der Waals surface area contributed by atoms with Crippen LogP contribution in [0, 0.1) is 19.8 Å². The number of hydrogen-bond donors (Lipinski definition) is 2. The molecular weight excluding hydrogens is 382 g/mol. The van der Waals surface area contributed by atoms with E-state index in [1.54, 1.807) is 42.5 Å². The van der Waals surface area contributed by atoms with Gasteiger partial charge in [0, 0.05) is 17.3 Å². The summed E-state index contributed by atoms with van der Waals surface area (Å²) in [5.41, 5.74) is 3.34. The lowest BCUT2D eigenvalue weighted by Crippen LogP contribution is -2.17. The van der Waals surface area contributed by atoms with Crippen molar-refractivity contribution in [2.45, 2.75) is 34.3 Å². The summed E-state index contributed by atoms with van der Waals surface area (Å²) in [6.07, 6.45) is 0. The summed E-state index contributed by atoms with van der Waals surface area (Å²) in [6.45, 7) is 7.59. The molecule has 1 aromatic heterocycles. The second kappa shape index (κ2) is 9.26. The Balaban J connectivity index is 1.68. The molecule has 3 rings (SSSR count). The number of benzene rings is 2. The van der Waals surface area contributed by atoms with Crippen LogP contribution in [0.15, 0.2) is 53.1 Å². The number of nitrogens with one attached hydrogen (secondary N) is 2. The summed E-state index contributed by atoms with van der Waals surface area (Å²) in [5.74, 6) is 0.709. The highest BCUT2D eigenvalue weighted by atomic mass is 16.5. The van der Waals surface area contributed by atoms with E-state index in [0.717, 1.165) is 11.3 Å². The highest BCUT2D eigenvalue weighted by Crippen LogP contribution is 2.23. The highest BCUT2D eigenvalue weighted by molar-refractivity contribution is 6.06. The summed E-state index contributed by atoms with van der Waals surface area (Å²) in [4.78, 5) is 24.6. The summed E-state index contributed by atoms with van der Waals surface area (Å²) < 4.78 is 11.0. The van der Waals surface area contributed by atoms with Crippen molar-refractivity contribution in [1.29, 1.82) is 0 Å². The van der Waals surface area contributed by atoms with Gasteiger partial charge in [-0.3, -0.25) is 9.59 Å². The molecular formula is C23H25N3O4. The fourth-order valence-corrected chi connectivity index (χ4v) is 2.76. The minimum atomic E-state index is -0.289. The molecule has 0 atom stereocenters. The Morgan fingerprint density at radius 1 is 1.00 bits per heavy atom. The molecule has 7 nitrogen and oxygen atoms in total. The zero-order valence-electron chi connectivity index (χ0n) is 17.5. The van der Waals surface area contributed by atoms with Crippen molar-refractivity contribution < 1.29 is 18.8 Å². The Kier molecular flexibility index (Phi) is 6.51. The first-order chi connectivity index (χ1) is 14.3. The van der Waals surface area contributed by atoms with E-state index in [1.165, 1.54) is 0 Å². The Morgan fingerprint density at radius 2 is 1.63 bits per heavy atom. The summed E-state index contributed by atoms with van der Waals surface area (Å²) in [7, 11) is 0. The first-order valence-electron chi connectivity index (χ1n) is 9.71. The summed E-state index contributed by atoms with van der Waals surface area (Å²) in [6, 6.07) is 14.0. The van der Waals surface area contributed by atoms with E-state index in [4.69, 9.17) is 9.26 Å². The van der Waals surface area contributed by atoms with Gasteiger partial charge in [0.1, 0.15) is 18.1 Å². The largest absolute Gasteiger partial charge is 0.488 e. The number of rotatable bonds is 7. The minimum absolute atomic E-state index is 0.0591. The SMILES string of the molecule is Cc1noc(C)c1COc1ccccc1C(=O)Nc1ccc(NC(=O)C(C)C)cc1. The average Bonchev–Trinajstić information content (AvgIpc) is 3.05. The topological polar surface area (TPSA) is 93.5 Å².